The van der Waals surface area contributed by atoms with Crippen molar-refractivity contribution >= 4 is 11.9 Å². The van der Waals surface area contributed by atoms with Gasteiger partial charge in [-0.15, -0.1) is 0 Å². The molecule has 11 heteroatoms. The summed E-state index contributed by atoms with van der Waals surface area (Å²) in [6.07, 6.45) is -4.25. The molecular weight excluding hydrogens is 291 g/mol. The van der Waals surface area contributed by atoms with E-state index in [0.29, 0.717) is 0 Å². The van der Waals surface area contributed by atoms with Gasteiger partial charge in [0, 0.05) is 0 Å². The van der Waals surface area contributed by atoms with Gasteiger partial charge in [0.25, 0.3) is 5.91 Å². The summed E-state index contributed by atoms with van der Waals surface area (Å²) < 4.78 is 17.9. The maximum atomic E-state index is 12.0. The number of hydrogen-bond donors (Lipinski definition) is 4. The molecule has 0 radical (unpaired) electrons. The minimum Gasteiger partial charge on any atom is -0.394 e. The molecule has 116 valence electrons. The zero-order valence-corrected chi connectivity index (χ0v) is 10.6. The number of aliphatic hydroxyl groups excluding tert-OH is 3. The van der Waals surface area contributed by atoms with Gasteiger partial charge in [-0.05, 0) is 0 Å². The summed E-state index contributed by atoms with van der Waals surface area (Å²) >= 11 is 0. The Labute approximate surface area is 116 Å². The number of alkyl halides is 1. The van der Waals surface area contributed by atoms with Crippen LogP contribution in [0.15, 0.2) is 11.1 Å². The van der Waals surface area contributed by atoms with E-state index in [0.717, 1.165) is 10.9 Å². The van der Waals surface area contributed by atoms with Crippen molar-refractivity contribution in [2.75, 3.05) is 18.6 Å². The van der Waals surface area contributed by atoms with E-state index in [2.05, 4.69) is 9.97 Å². The highest BCUT2D eigenvalue weighted by Crippen LogP contribution is 2.27. The highest BCUT2D eigenvalue weighted by atomic mass is 19.1. The Morgan fingerprint density at radius 2 is 2.19 bits per heavy atom. The van der Waals surface area contributed by atoms with Crippen molar-refractivity contribution in [2.24, 2.45) is 0 Å². The van der Waals surface area contributed by atoms with Crippen molar-refractivity contribution in [3.05, 3.63) is 16.8 Å². The van der Waals surface area contributed by atoms with Crippen LogP contribution in [0.4, 0.5) is 10.3 Å². The molecule has 4 N–H and O–H groups in total. The number of carbonyl (C=O) groups is 1. The minimum absolute atomic E-state index is 0.398. The highest BCUT2D eigenvalue weighted by Gasteiger charge is 2.43. The second-order valence-corrected chi connectivity index (χ2v) is 4.28. The molecule has 2 rings (SSSR count). The van der Waals surface area contributed by atoms with E-state index < -0.39 is 55.4 Å². The number of rotatable bonds is 4. The zero-order valence-electron chi connectivity index (χ0n) is 10.6. The van der Waals surface area contributed by atoms with Crippen LogP contribution in [0.1, 0.15) is 6.23 Å². The summed E-state index contributed by atoms with van der Waals surface area (Å²) in [6.45, 7) is -1.84. The van der Waals surface area contributed by atoms with E-state index in [4.69, 9.17) is 9.84 Å². The summed E-state index contributed by atoms with van der Waals surface area (Å²) in [6, 6.07) is 0. The lowest BCUT2D eigenvalue weighted by molar-refractivity contribution is -0.117. The predicted octanol–water partition coefficient (Wildman–Crippen LogP) is -2.84. The summed E-state index contributed by atoms with van der Waals surface area (Å²) in [5, 5.41) is 30.3. The van der Waals surface area contributed by atoms with Gasteiger partial charge >= 0.3 is 5.69 Å². The number of aliphatic hydroxyl groups is 3. The van der Waals surface area contributed by atoms with Gasteiger partial charge < -0.3 is 20.1 Å². The lowest BCUT2D eigenvalue weighted by atomic mass is 10.1. The molecule has 2 heterocycles. The Morgan fingerprint density at radius 1 is 1.48 bits per heavy atom. The molecule has 4 atom stereocenters. The lowest BCUT2D eigenvalue weighted by Gasteiger charge is -2.16. The molecule has 1 aliphatic heterocycles. The third-order valence-electron chi connectivity index (χ3n) is 2.89. The molecule has 0 aliphatic carbocycles. The van der Waals surface area contributed by atoms with Gasteiger partial charge in [-0.3, -0.25) is 14.7 Å². The third kappa shape index (κ3) is 3.05. The van der Waals surface area contributed by atoms with Crippen LogP contribution in [0.2, 0.25) is 0 Å². The number of hydrogen-bond acceptors (Lipinski definition) is 8. The fraction of sp³-hybridized carbons (Fsp3) is 0.600. The van der Waals surface area contributed by atoms with Gasteiger partial charge in [-0.1, -0.05) is 0 Å². The maximum absolute atomic E-state index is 12.0. The van der Waals surface area contributed by atoms with Crippen molar-refractivity contribution in [1.82, 2.24) is 14.5 Å². The van der Waals surface area contributed by atoms with Gasteiger partial charge in [0.2, 0.25) is 5.95 Å². The number of nitrogens with zero attached hydrogens (tertiary/aromatic N) is 3. The third-order valence-corrected chi connectivity index (χ3v) is 2.89. The van der Waals surface area contributed by atoms with Crippen LogP contribution in [0, 0.1) is 0 Å². The second kappa shape index (κ2) is 6.22. The van der Waals surface area contributed by atoms with Crippen LogP contribution < -0.4 is 11.0 Å². The second-order valence-electron chi connectivity index (χ2n) is 4.28. The summed E-state index contributed by atoms with van der Waals surface area (Å²) in [5.41, 5.74) is -0.936. The van der Waals surface area contributed by atoms with Crippen LogP contribution in [0.5, 0.6) is 0 Å². The zero-order chi connectivity index (χ0) is 15.6. The topological polar surface area (TPSA) is 147 Å². The van der Waals surface area contributed by atoms with E-state index in [1.807, 2.05) is 5.32 Å². The minimum atomic E-state index is -1.46. The van der Waals surface area contributed by atoms with Gasteiger partial charge in [-0.25, -0.2) is 14.2 Å². The number of ether oxygens (including phenoxy) is 1. The van der Waals surface area contributed by atoms with Gasteiger partial charge in [0.05, 0.1) is 6.61 Å². The fourth-order valence-electron chi connectivity index (χ4n) is 1.85. The Hall–Kier alpha value is -1.95. The van der Waals surface area contributed by atoms with Crippen molar-refractivity contribution in [3.63, 3.8) is 0 Å². The number of anilines is 1. The van der Waals surface area contributed by atoms with E-state index in [1.165, 1.54) is 0 Å². The smallest absolute Gasteiger partial charge is 0.354 e. The Balaban J connectivity index is 2.22. The maximum Gasteiger partial charge on any atom is 0.354 e. The number of aromatic nitrogens is 3. The molecule has 1 aromatic heterocycles. The molecule has 1 amide bonds. The number of carbonyl (C=O) groups excluding carboxylic acids is 1. The van der Waals surface area contributed by atoms with Crippen LogP contribution in [-0.2, 0) is 9.53 Å². The van der Waals surface area contributed by atoms with Crippen molar-refractivity contribution in [2.45, 2.75) is 24.5 Å². The molecule has 0 bridgehead atoms. The molecule has 1 fully saturated rings. The Kier molecular flexibility index (Phi) is 4.57. The molecule has 21 heavy (non-hydrogen) atoms. The van der Waals surface area contributed by atoms with Crippen LogP contribution in [0.25, 0.3) is 0 Å². The molecule has 0 aromatic carbocycles. The Bertz CT molecular complexity index is 581. The normalized spacial score (nSPS) is 28.6. The van der Waals surface area contributed by atoms with Crippen molar-refractivity contribution < 1.29 is 29.2 Å². The van der Waals surface area contributed by atoms with Crippen LogP contribution in [-0.4, -0.2) is 67.4 Å². The van der Waals surface area contributed by atoms with Crippen LogP contribution in [0.3, 0.4) is 0 Å². The lowest BCUT2D eigenvalue weighted by Crippen LogP contribution is -2.36. The molecule has 0 spiro atoms. The van der Waals surface area contributed by atoms with E-state index in [-0.39, 0.29) is 0 Å². The molecule has 10 nitrogen and oxygen atoms in total. The predicted molar refractivity (Wildman–Crippen MR) is 63.9 cm³/mol. The SMILES string of the molecule is O=C(CF)Nc1ncn([C@@H]2O[C@H](CO)[C@@H](O)[C@H]2O)c(=O)n1. The summed E-state index contributed by atoms with van der Waals surface area (Å²) in [5.74, 6) is -1.41. The van der Waals surface area contributed by atoms with E-state index in [1.54, 1.807) is 0 Å². The summed E-state index contributed by atoms with van der Waals surface area (Å²) in [7, 11) is 0. The molecule has 1 saturated heterocycles. The molecule has 1 aliphatic rings. The van der Waals surface area contributed by atoms with Gasteiger partial charge in [0.1, 0.15) is 24.6 Å². The van der Waals surface area contributed by atoms with Gasteiger partial charge in [0.15, 0.2) is 12.9 Å². The first-order valence-electron chi connectivity index (χ1n) is 5.91. The first kappa shape index (κ1) is 15.4. The average molecular weight is 304 g/mol. The molecule has 1 aromatic rings. The van der Waals surface area contributed by atoms with Crippen molar-refractivity contribution in [1.29, 1.82) is 0 Å². The molecule has 0 saturated carbocycles. The monoisotopic (exact) mass is 304 g/mol. The highest BCUT2D eigenvalue weighted by molar-refractivity contribution is 5.89. The number of amides is 1. The number of nitrogens with one attached hydrogen (secondary N) is 1. The van der Waals surface area contributed by atoms with Gasteiger partial charge in [-0.2, -0.15) is 4.98 Å². The van der Waals surface area contributed by atoms with Crippen LogP contribution >= 0.6 is 0 Å². The first-order chi connectivity index (χ1) is 9.97. The molecule has 0 unspecified atom stereocenters. The average Bonchev–Trinajstić information content (AvgIpc) is 2.75. The van der Waals surface area contributed by atoms with E-state index in [9.17, 15) is 24.2 Å². The largest absolute Gasteiger partial charge is 0.394 e. The summed E-state index contributed by atoms with van der Waals surface area (Å²) in [4.78, 5) is 29.6. The fourth-order valence-corrected chi connectivity index (χ4v) is 1.85. The first-order valence-corrected chi connectivity index (χ1v) is 5.91. The van der Waals surface area contributed by atoms with E-state index >= 15 is 0 Å². The van der Waals surface area contributed by atoms with Crippen molar-refractivity contribution in [3.8, 4) is 0 Å². The Morgan fingerprint density at radius 3 is 2.71 bits per heavy atom. The molecular formula is C10H13FN4O6. The number of halogens is 1. The standard InChI is InChI=1S/C10H13FN4O6/c11-1-5(17)13-9-12-3-15(10(20)14-9)8-7(19)6(18)4(2-16)21-8/h3-4,6-8,16,18-19H,1-2H2,(H,13,14,17,20)/t4-,6-,7-,8-/m1/s1. The quantitative estimate of drug-likeness (QED) is 0.465.